The first-order chi connectivity index (χ1) is 6.73. The lowest BCUT2D eigenvalue weighted by Crippen LogP contribution is -2.38. The standard InChI is InChI=1S/C12H20N2/c1-3-14-9-4-6-11(14)10-12(2)7-5-8-13-12/h4,6,9,13H,3,5,7-8,10H2,1-2H3. The Kier molecular flexibility index (Phi) is 2.64. The van der Waals surface area contributed by atoms with Gasteiger partial charge in [0.2, 0.25) is 0 Å². The molecule has 1 aromatic heterocycles. The molecule has 1 aliphatic rings. The predicted octanol–water partition coefficient (Wildman–Crippen LogP) is 2.19. The molecule has 0 spiro atoms. The Morgan fingerprint density at radius 2 is 2.43 bits per heavy atom. The van der Waals surface area contributed by atoms with Gasteiger partial charge in [0.05, 0.1) is 0 Å². The molecular weight excluding hydrogens is 172 g/mol. The quantitative estimate of drug-likeness (QED) is 0.777. The largest absolute Gasteiger partial charge is 0.352 e. The van der Waals surface area contributed by atoms with E-state index in [0.717, 1.165) is 13.0 Å². The van der Waals surface area contributed by atoms with E-state index in [-0.39, 0.29) is 0 Å². The van der Waals surface area contributed by atoms with Gasteiger partial charge in [0.1, 0.15) is 0 Å². The average Bonchev–Trinajstić information content (AvgIpc) is 2.75. The molecule has 78 valence electrons. The predicted molar refractivity (Wildman–Crippen MR) is 59.5 cm³/mol. The molecule has 2 rings (SSSR count). The molecule has 0 bridgehead atoms. The lowest BCUT2D eigenvalue weighted by Gasteiger charge is -2.24. The van der Waals surface area contributed by atoms with Crippen LogP contribution < -0.4 is 5.32 Å². The molecule has 1 N–H and O–H groups in total. The van der Waals surface area contributed by atoms with Gasteiger partial charge in [-0.2, -0.15) is 0 Å². The Morgan fingerprint density at radius 3 is 3.07 bits per heavy atom. The molecule has 14 heavy (non-hydrogen) atoms. The van der Waals surface area contributed by atoms with E-state index in [1.165, 1.54) is 25.1 Å². The second-order valence-corrected chi connectivity index (χ2v) is 4.55. The Balaban J connectivity index is 2.09. The number of nitrogens with zero attached hydrogens (tertiary/aromatic N) is 1. The highest BCUT2D eigenvalue weighted by Gasteiger charge is 2.28. The summed E-state index contributed by atoms with van der Waals surface area (Å²) in [6.45, 7) is 6.81. The monoisotopic (exact) mass is 192 g/mol. The molecule has 1 fully saturated rings. The second kappa shape index (κ2) is 3.77. The molecule has 0 aliphatic carbocycles. The fourth-order valence-corrected chi connectivity index (χ4v) is 2.43. The summed E-state index contributed by atoms with van der Waals surface area (Å²) >= 11 is 0. The Hall–Kier alpha value is -0.760. The summed E-state index contributed by atoms with van der Waals surface area (Å²) in [7, 11) is 0. The number of hydrogen-bond acceptors (Lipinski definition) is 1. The van der Waals surface area contributed by atoms with Crippen LogP contribution in [-0.4, -0.2) is 16.7 Å². The molecule has 2 heteroatoms. The lowest BCUT2D eigenvalue weighted by atomic mass is 9.94. The van der Waals surface area contributed by atoms with Gasteiger partial charge in [-0.05, 0) is 45.4 Å². The van der Waals surface area contributed by atoms with Crippen LogP contribution in [0.3, 0.4) is 0 Å². The van der Waals surface area contributed by atoms with Crippen molar-refractivity contribution in [1.82, 2.24) is 9.88 Å². The number of aryl methyl sites for hydroxylation is 1. The molecule has 0 saturated carbocycles. The summed E-state index contributed by atoms with van der Waals surface area (Å²) < 4.78 is 2.34. The molecule has 0 amide bonds. The minimum absolute atomic E-state index is 0.339. The maximum atomic E-state index is 3.61. The molecule has 1 unspecified atom stereocenters. The highest BCUT2D eigenvalue weighted by molar-refractivity contribution is 5.12. The first kappa shape index (κ1) is 9.78. The molecule has 1 saturated heterocycles. The van der Waals surface area contributed by atoms with Crippen LogP contribution in [0.5, 0.6) is 0 Å². The van der Waals surface area contributed by atoms with E-state index in [1.807, 2.05) is 0 Å². The molecule has 2 heterocycles. The van der Waals surface area contributed by atoms with Gasteiger partial charge in [-0.15, -0.1) is 0 Å². The Morgan fingerprint density at radius 1 is 1.57 bits per heavy atom. The van der Waals surface area contributed by atoms with Gasteiger partial charge < -0.3 is 9.88 Å². The van der Waals surface area contributed by atoms with E-state index >= 15 is 0 Å². The van der Waals surface area contributed by atoms with Crippen molar-refractivity contribution in [3.8, 4) is 0 Å². The number of hydrogen-bond donors (Lipinski definition) is 1. The molecule has 0 aromatic carbocycles. The van der Waals surface area contributed by atoms with Crippen LogP contribution in [0.1, 0.15) is 32.4 Å². The van der Waals surface area contributed by atoms with Gasteiger partial charge in [-0.3, -0.25) is 0 Å². The van der Waals surface area contributed by atoms with Crippen molar-refractivity contribution in [2.24, 2.45) is 0 Å². The van der Waals surface area contributed by atoms with Crippen LogP contribution >= 0.6 is 0 Å². The van der Waals surface area contributed by atoms with Gasteiger partial charge in [0.25, 0.3) is 0 Å². The van der Waals surface area contributed by atoms with Gasteiger partial charge in [0.15, 0.2) is 0 Å². The zero-order chi connectivity index (χ0) is 10.0. The molecule has 1 aliphatic heterocycles. The smallest absolute Gasteiger partial charge is 0.0208 e. The highest BCUT2D eigenvalue weighted by atomic mass is 15.0. The minimum Gasteiger partial charge on any atom is -0.352 e. The minimum atomic E-state index is 0.339. The van der Waals surface area contributed by atoms with Crippen LogP contribution in [-0.2, 0) is 13.0 Å². The van der Waals surface area contributed by atoms with Crippen molar-refractivity contribution in [2.75, 3.05) is 6.54 Å². The van der Waals surface area contributed by atoms with Gasteiger partial charge >= 0.3 is 0 Å². The highest BCUT2D eigenvalue weighted by Crippen LogP contribution is 2.23. The zero-order valence-electron chi connectivity index (χ0n) is 9.21. The van der Waals surface area contributed by atoms with Crippen molar-refractivity contribution in [2.45, 2.75) is 45.2 Å². The van der Waals surface area contributed by atoms with Gasteiger partial charge in [-0.25, -0.2) is 0 Å². The van der Waals surface area contributed by atoms with Gasteiger partial charge in [-0.1, -0.05) is 0 Å². The number of rotatable bonds is 3. The fraction of sp³-hybridized carbons (Fsp3) is 0.667. The Labute approximate surface area is 86.3 Å². The first-order valence-corrected chi connectivity index (χ1v) is 5.62. The van der Waals surface area contributed by atoms with E-state index in [0.29, 0.717) is 5.54 Å². The van der Waals surface area contributed by atoms with Crippen molar-refractivity contribution >= 4 is 0 Å². The summed E-state index contributed by atoms with van der Waals surface area (Å²) in [6.07, 6.45) is 5.96. The summed E-state index contributed by atoms with van der Waals surface area (Å²) in [5.74, 6) is 0. The van der Waals surface area contributed by atoms with Crippen LogP contribution in [0.15, 0.2) is 18.3 Å². The molecule has 1 atom stereocenters. The average molecular weight is 192 g/mol. The van der Waals surface area contributed by atoms with E-state index in [9.17, 15) is 0 Å². The number of aromatic nitrogens is 1. The molecule has 0 radical (unpaired) electrons. The Bertz CT molecular complexity index is 295. The van der Waals surface area contributed by atoms with E-state index in [4.69, 9.17) is 0 Å². The van der Waals surface area contributed by atoms with Crippen LogP contribution in [0.25, 0.3) is 0 Å². The van der Waals surface area contributed by atoms with Crippen LogP contribution in [0.4, 0.5) is 0 Å². The topological polar surface area (TPSA) is 17.0 Å². The fourth-order valence-electron chi connectivity index (χ4n) is 2.43. The maximum absolute atomic E-state index is 3.61. The van der Waals surface area contributed by atoms with Crippen LogP contribution in [0.2, 0.25) is 0 Å². The SMILES string of the molecule is CCn1cccc1CC1(C)CCCN1. The van der Waals surface area contributed by atoms with Crippen molar-refractivity contribution in [3.05, 3.63) is 24.0 Å². The van der Waals surface area contributed by atoms with E-state index in [1.54, 1.807) is 0 Å². The second-order valence-electron chi connectivity index (χ2n) is 4.55. The third-order valence-electron chi connectivity index (χ3n) is 3.29. The van der Waals surface area contributed by atoms with E-state index in [2.05, 4.69) is 42.1 Å². The summed E-state index contributed by atoms with van der Waals surface area (Å²) in [5, 5.41) is 3.61. The summed E-state index contributed by atoms with van der Waals surface area (Å²) in [4.78, 5) is 0. The molecular formula is C12H20N2. The third-order valence-corrected chi connectivity index (χ3v) is 3.29. The van der Waals surface area contributed by atoms with E-state index < -0.39 is 0 Å². The summed E-state index contributed by atoms with van der Waals surface area (Å²) in [5.41, 5.74) is 1.80. The van der Waals surface area contributed by atoms with Crippen molar-refractivity contribution < 1.29 is 0 Å². The normalized spacial score (nSPS) is 27.0. The molecule has 1 aromatic rings. The summed E-state index contributed by atoms with van der Waals surface area (Å²) in [6, 6.07) is 4.39. The number of nitrogens with one attached hydrogen (secondary N) is 1. The van der Waals surface area contributed by atoms with Crippen molar-refractivity contribution in [3.63, 3.8) is 0 Å². The van der Waals surface area contributed by atoms with Gasteiger partial charge in [0, 0.05) is 30.4 Å². The van der Waals surface area contributed by atoms with Crippen LogP contribution in [0, 0.1) is 0 Å². The zero-order valence-corrected chi connectivity index (χ0v) is 9.21. The first-order valence-electron chi connectivity index (χ1n) is 5.62. The lowest BCUT2D eigenvalue weighted by molar-refractivity contribution is 0.402. The molecule has 2 nitrogen and oxygen atoms in total. The maximum Gasteiger partial charge on any atom is 0.0208 e. The third kappa shape index (κ3) is 1.85. The van der Waals surface area contributed by atoms with Crippen molar-refractivity contribution in [1.29, 1.82) is 0 Å².